The summed E-state index contributed by atoms with van der Waals surface area (Å²) >= 11 is 0. The van der Waals surface area contributed by atoms with E-state index < -0.39 is 5.60 Å². The topological polar surface area (TPSA) is 32.7 Å². The largest absolute Gasteiger partial charge is 0.386 e. The SMILES string of the molecule is CCOCC1(O)CCN2CCCC21. The first kappa shape index (κ1) is 9.44. The van der Waals surface area contributed by atoms with E-state index in [2.05, 4.69) is 4.90 Å². The molecule has 3 nitrogen and oxygen atoms in total. The lowest BCUT2D eigenvalue weighted by Crippen LogP contribution is -2.45. The van der Waals surface area contributed by atoms with Crippen LogP contribution >= 0.6 is 0 Å². The minimum Gasteiger partial charge on any atom is -0.386 e. The molecule has 3 heteroatoms. The molecule has 76 valence electrons. The monoisotopic (exact) mass is 185 g/mol. The normalized spacial score (nSPS) is 39.7. The number of ether oxygens (including phenoxy) is 1. The van der Waals surface area contributed by atoms with E-state index in [9.17, 15) is 5.11 Å². The Kier molecular flexibility index (Phi) is 2.58. The molecule has 2 unspecified atom stereocenters. The summed E-state index contributed by atoms with van der Waals surface area (Å²) in [7, 11) is 0. The van der Waals surface area contributed by atoms with Crippen LogP contribution in [0.4, 0.5) is 0 Å². The Bertz CT molecular complexity index is 186. The smallest absolute Gasteiger partial charge is 0.105 e. The van der Waals surface area contributed by atoms with E-state index in [1.54, 1.807) is 0 Å². The van der Waals surface area contributed by atoms with Gasteiger partial charge in [0.25, 0.3) is 0 Å². The van der Waals surface area contributed by atoms with Crippen LogP contribution < -0.4 is 0 Å². The third kappa shape index (κ3) is 1.60. The van der Waals surface area contributed by atoms with Crippen LogP contribution in [0, 0.1) is 0 Å². The highest BCUT2D eigenvalue weighted by Gasteiger charge is 2.47. The molecule has 2 rings (SSSR count). The maximum Gasteiger partial charge on any atom is 0.105 e. The second-order valence-corrected chi connectivity index (χ2v) is 4.18. The van der Waals surface area contributed by atoms with Crippen molar-refractivity contribution in [2.24, 2.45) is 0 Å². The number of rotatable bonds is 3. The van der Waals surface area contributed by atoms with Gasteiger partial charge in [0.1, 0.15) is 5.60 Å². The molecule has 1 N–H and O–H groups in total. The fraction of sp³-hybridized carbons (Fsp3) is 1.00. The molecule has 0 aliphatic carbocycles. The van der Waals surface area contributed by atoms with Crippen molar-refractivity contribution >= 4 is 0 Å². The Labute approximate surface area is 79.7 Å². The summed E-state index contributed by atoms with van der Waals surface area (Å²) in [5, 5.41) is 10.3. The highest BCUT2D eigenvalue weighted by Crippen LogP contribution is 2.35. The summed E-state index contributed by atoms with van der Waals surface area (Å²) in [5.74, 6) is 0. The molecule has 2 heterocycles. The van der Waals surface area contributed by atoms with Gasteiger partial charge in [-0.2, -0.15) is 0 Å². The standard InChI is InChI=1S/C10H19NO2/c1-2-13-8-10(12)5-7-11-6-3-4-9(10)11/h9,12H,2-8H2,1H3. The first-order chi connectivity index (χ1) is 6.26. The number of hydrogen-bond donors (Lipinski definition) is 1. The van der Waals surface area contributed by atoms with Crippen LogP contribution in [-0.4, -0.2) is 48.0 Å². The molecular weight excluding hydrogens is 166 g/mol. The number of fused-ring (bicyclic) bond motifs is 1. The number of nitrogens with zero attached hydrogens (tertiary/aromatic N) is 1. The van der Waals surface area contributed by atoms with Crippen molar-refractivity contribution in [3.8, 4) is 0 Å². The predicted octanol–water partition coefficient (Wildman–Crippen LogP) is 0.622. The molecule has 0 bridgehead atoms. The van der Waals surface area contributed by atoms with E-state index in [0.717, 1.165) is 19.4 Å². The Morgan fingerprint density at radius 3 is 3.15 bits per heavy atom. The van der Waals surface area contributed by atoms with Crippen LogP contribution in [-0.2, 0) is 4.74 Å². The van der Waals surface area contributed by atoms with Crippen LogP contribution in [0.2, 0.25) is 0 Å². The molecular formula is C10H19NO2. The van der Waals surface area contributed by atoms with Gasteiger partial charge in [0.05, 0.1) is 6.61 Å². The second-order valence-electron chi connectivity index (χ2n) is 4.18. The van der Waals surface area contributed by atoms with Gasteiger partial charge in [-0.1, -0.05) is 0 Å². The van der Waals surface area contributed by atoms with Crippen molar-refractivity contribution in [1.82, 2.24) is 4.90 Å². The van der Waals surface area contributed by atoms with Crippen LogP contribution in [0.15, 0.2) is 0 Å². The van der Waals surface area contributed by atoms with Crippen LogP contribution in [0.5, 0.6) is 0 Å². The molecule has 0 saturated carbocycles. The van der Waals surface area contributed by atoms with Gasteiger partial charge >= 0.3 is 0 Å². The molecule has 0 aromatic rings. The average Bonchev–Trinajstić information content (AvgIpc) is 2.68. The Morgan fingerprint density at radius 1 is 1.54 bits per heavy atom. The van der Waals surface area contributed by atoms with Crippen molar-refractivity contribution in [2.45, 2.75) is 37.8 Å². The third-order valence-corrected chi connectivity index (χ3v) is 3.37. The maximum atomic E-state index is 10.3. The van der Waals surface area contributed by atoms with Crippen LogP contribution in [0.3, 0.4) is 0 Å². The third-order valence-electron chi connectivity index (χ3n) is 3.37. The fourth-order valence-electron chi connectivity index (χ4n) is 2.65. The number of aliphatic hydroxyl groups is 1. The highest BCUT2D eigenvalue weighted by molar-refractivity contribution is 5.02. The lowest BCUT2D eigenvalue weighted by molar-refractivity contribution is -0.0585. The molecule has 2 aliphatic heterocycles. The molecule has 13 heavy (non-hydrogen) atoms. The Balaban J connectivity index is 1.97. The van der Waals surface area contributed by atoms with Crippen molar-refractivity contribution in [3.63, 3.8) is 0 Å². The molecule has 0 amide bonds. The van der Waals surface area contributed by atoms with Gasteiger partial charge in [0.15, 0.2) is 0 Å². The average molecular weight is 185 g/mol. The van der Waals surface area contributed by atoms with Gasteiger partial charge in [-0.3, -0.25) is 4.90 Å². The van der Waals surface area contributed by atoms with E-state index in [4.69, 9.17) is 4.74 Å². The summed E-state index contributed by atoms with van der Waals surface area (Å²) in [6.45, 7) is 5.41. The summed E-state index contributed by atoms with van der Waals surface area (Å²) < 4.78 is 5.35. The van der Waals surface area contributed by atoms with Gasteiger partial charge < -0.3 is 9.84 Å². The molecule has 0 aromatic heterocycles. The molecule has 2 saturated heterocycles. The maximum absolute atomic E-state index is 10.3. The molecule has 0 aromatic carbocycles. The van der Waals surface area contributed by atoms with E-state index in [-0.39, 0.29) is 0 Å². The zero-order valence-electron chi connectivity index (χ0n) is 8.33. The summed E-state index contributed by atoms with van der Waals surface area (Å²) in [5.41, 5.74) is -0.549. The molecule has 0 spiro atoms. The van der Waals surface area contributed by atoms with Gasteiger partial charge in [-0.15, -0.1) is 0 Å². The van der Waals surface area contributed by atoms with Crippen LogP contribution in [0.25, 0.3) is 0 Å². The fourth-order valence-corrected chi connectivity index (χ4v) is 2.65. The van der Waals surface area contributed by atoms with Gasteiger partial charge in [0, 0.05) is 19.2 Å². The van der Waals surface area contributed by atoms with Crippen molar-refractivity contribution in [2.75, 3.05) is 26.3 Å². The molecule has 0 radical (unpaired) electrons. The lowest BCUT2D eigenvalue weighted by Gasteiger charge is -2.29. The summed E-state index contributed by atoms with van der Waals surface area (Å²) in [6.07, 6.45) is 3.26. The zero-order chi connectivity index (χ0) is 9.31. The van der Waals surface area contributed by atoms with Gasteiger partial charge in [0.2, 0.25) is 0 Å². The van der Waals surface area contributed by atoms with Crippen LogP contribution in [0.1, 0.15) is 26.2 Å². The predicted molar refractivity (Wildman–Crippen MR) is 50.7 cm³/mol. The molecule has 2 fully saturated rings. The highest BCUT2D eigenvalue weighted by atomic mass is 16.5. The van der Waals surface area contributed by atoms with Gasteiger partial charge in [-0.05, 0) is 32.7 Å². The molecule has 2 atom stereocenters. The Hall–Kier alpha value is -0.120. The summed E-state index contributed by atoms with van der Waals surface area (Å²) in [4.78, 5) is 2.40. The minimum absolute atomic E-state index is 0.374. The van der Waals surface area contributed by atoms with Crippen molar-refractivity contribution < 1.29 is 9.84 Å². The number of hydrogen-bond acceptors (Lipinski definition) is 3. The van der Waals surface area contributed by atoms with E-state index >= 15 is 0 Å². The second kappa shape index (κ2) is 3.56. The summed E-state index contributed by atoms with van der Waals surface area (Å²) in [6, 6.07) is 0.374. The minimum atomic E-state index is -0.549. The first-order valence-corrected chi connectivity index (χ1v) is 5.30. The lowest BCUT2D eigenvalue weighted by atomic mass is 9.94. The van der Waals surface area contributed by atoms with Crippen molar-refractivity contribution in [1.29, 1.82) is 0 Å². The quantitative estimate of drug-likeness (QED) is 0.699. The van der Waals surface area contributed by atoms with E-state index in [0.29, 0.717) is 19.3 Å². The zero-order valence-corrected chi connectivity index (χ0v) is 8.33. The van der Waals surface area contributed by atoms with Crippen molar-refractivity contribution in [3.05, 3.63) is 0 Å². The van der Waals surface area contributed by atoms with E-state index in [1.807, 2.05) is 6.92 Å². The Morgan fingerprint density at radius 2 is 2.38 bits per heavy atom. The molecule has 2 aliphatic rings. The first-order valence-electron chi connectivity index (χ1n) is 5.30. The van der Waals surface area contributed by atoms with Gasteiger partial charge in [-0.25, -0.2) is 0 Å². The van der Waals surface area contributed by atoms with E-state index in [1.165, 1.54) is 13.0 Å².